The molecule has 0 amide bonds. The lowest BCUT2D eigenvalue weighted by Gasteiger charge is -2.22. The van der Waals surface area contributed by atoms with Crippen molar-refractivity contribution < 1.29 is 18.0 Å². The number of nitrogens with one attached hydrogen (secondary N) is 2. The van der Waals surface area contributed by atoms with Gasteiger partial charge in [-0.1, -0.05) is 42.1 Å². The Balaban J connectivity index is 1.89. The van der Waals surface area contributed by atoms with Crippen LogP contribution in [0.3, 0.4) is 0 Å². The Morgan fingerprint density at radius 2 is 2.00 bits per heavy atom. The van der Waals surface area contributed by atoms with Crippen molar-refractivity contribution in [1.82, 2.24) is 15.4 Å². The zero-order valence-corrected chi connectivity index (χ0v) is 13.6. The van der Waals surface area contributed by atoms with Crippen LogP contribution in [0.25, 0.3) is 0 Å². The molecule has 1 aromatic carbocycles. The normalized spacial score (nSPS) is 18.2. The SMILES string of the molecule is N=C1NN(Cc2ccccc2)C(C(=O)c2cnccc2C(F)(F)F)S1. The van der Waals surface area contributed by atoms with Gasteiger partial charge in [0.25, 0.3) is 0 Å². The quantitative estimate of drug-likeness (QED) is 0.813. The van der Waals surface area contributed by atoms with Crippen molar-refractivity contribution in [3.05, 3.63) is 65.5 Å². The van der Waals surface area contributed by atoms with E-state index in [4.69, 9.17) is 5.41 Å². The molecular formula is C16H13F3N4OS. The second-order valence-corrected chi connectivity index (χ2v) is 6.40. The van der Waals surface area contributed by atoms with Crippen LogP contribution < -0.4 is 5.43 Å². The fraction of sp³-hybridized carbons (Fsp3) is 0.188. The Labute approximate surface area is 145 Å². The molecular weight excluding hydrogens is 353 g/mol. The van der Waals surface area contributed by atoms with Gasteiger partial charge in [0.15, 0.2) is 11.0 Å². The summed E-state index contributed by atoms with van der Waals surface area (Å²) in [7, 11) is 0. The molecule has 2 N–H and O–H groups in total. The highest BCUT2D eigenvalue weighted by atomic mass is 32.2. The molecule has 0 saturated carbocycles. The summed E-state index contributed by atoms with van der Waals surface area (Å²) in [5, 5.41) is 8.22. The van der Waals surface area contributed by atoms with Crippen LogP contribution in [0.5, 0.6) is 0 Å². The molecule has 25 heavy (non-hydrogen) atoms. The summed E-state index contributed by atoms with van der Waals surface area (Å²) in [6, 6.07) is 9.94. The lowest BCUT2D eigenvalue weighted by atomic mass is 10.1. The van der Waals surface area contributed by atoms with Crippen LogP contribution in [-0.4, -0.2) is 26.3 Å². The number of thioether (sulfide) groups is 1. The van der Waals surface area contributed by atoms with E-state index < -0.39 is 28.5 Å². The lowest BCUT2D eigenvalue weighted by molar-refractivity contribution is -0.138. The number of carbonyl (C=O) groups excluding carboxylic acids is 1. The van der Waals surface area contributed by atoms with E-state index in [1.807, 2.05) is 30.3 Å². The van der Waals surface area contributed by atoms with Gasteiger partial charge in [-0.05, 0) is 11.6 Å². The summed E-state index contributed by atoms with van der Waals surface area (Å²) in [6.07, 6.45) is -2.72. The minimum absolute atomic E-state index is 0.00623. The monoisotopic (exact) mass is 366 g/mol. The first kappa shape index (κ1) is 17.4. The summed E-state index contributed by atoms with van der Waals surface area (Å²) in [5.41, 5.74) is 2.06. The van der Waals surface area contributed by atoms with Crippen molar-refractivity contribution >= 4 is 22.7 Å². The van der Waals surface area contributed by atoms with Crippen molar-refractivity contribution in [1.29, 1.82) is 5.41 Å². The summed E-state index contributed by atoms with van der Waals surface area (Å²) in [6.45, 7) is 0.272. The summed E-state index contributed by atoms with van der Waals surface area (Å²) in [5.74, 6) is -0.740. The Morgan fingerprint density at radius 3 is 2.68 bits per heavy atom. The Kier molecular flexibility index (Phi) is 4.78. The number of alkyl halides is 3. The average molecular weight is 366 g/mol. The van der Waals surface area contributed by atoms with Gasteiger partial charge in [-0.25, -0.2) is 0 Å². The van der Waals surface area contributed by atoms with Crippen LogP contribution in [0.1, 0.15) is 21.5 Å². The molecule has 9 heteroatoms. The maximum Gasteiger partial charge on any atom is 0.417 e. The third-order valence-electron chi connectivity index (χ3n) is 3.57. The van der Waals surface area contributed by atoms with Crippen LogP contribution >= 0.6 is 11.8 Å². The highest BCUT2D eigenvalue weighted by Gasteiger charge is 2.41. The number of hydrogen-bond acceptors (Lipinski definition) is 5. The third kappa shape index (κ3) is 3.83. The summed E-state index contributed by atoms with van der Waals surface area (Å²) < 4.78 is 39.5. The minimum atomic E-state index is -4.65. The van der Waals surface area contributed by atoms with E-state index in [1.165, 1.54) is 5.01 Å². The number of ketones is 1. The second kappa shape index (κ2) is 6.85. The van der Waals surface area contributed by atoms with Gasteiger partial charge in [-0.2, -0.15) is 18.2 Å². The number of rotatable bonds is 4. The Hall–Kier alpha value is -2.39. The predicted molar refractivity (Wildman–Crippen MR) is 87.8 cm³/mol. The maximum absolute atomic E-state index is 13.2. The lowest BCUT2D eigenvalue weighted by Crippen LogP contribution is -2.41. The van der Waals surface area contributed by atoms with E-state index in [-0.39, 0.29) is 11.7 Å². The number of hydrazine groups is 1. The molecule has 3 rings (SSSR count). The van der Waals surface area contributed by atoms with E-state index in [0.29, 0.717) is 0 Å². The molecule has 2 aromatic rings. The second-order valence-electron chi connectivity index (χ2n) is 5.31. The van der Waals surface area contributed by atoms with Gasteiger partial charge in [0.2, 0.25) is 0 Å². The largest absolute Gasteiger partial charge is 0.417 e. The average Bonchev–Trinajstić information content (AvgIpc) is 2.94. The van der Waals surface area contributed by atoms with E-state index in [2.05, 4.69) is 10.4 Å². The van der Waals surface area contributed by atoms with Crippen molar-refractivity contribution in [2.75, 3.05) is 0 Å². The fourth-order valence-corrected chi connectivity index (χ4v) is 3.34. The van der Waals surface area contributed by atoms with Crippen LogP contribution in [0.2, 0.25) is 0 Å². The van der Waals surface area contributed by atoms with E-state index in [1.54, 1.807) is 0 Å². The van der Waals surface area contributed by atoms with Crippen LogP contribution in [0.15, 0.2) is 48.8 Å². The molecule has 1 atom stereocenters. The molecule has 2 heterocycles. The van der Waals surface area contributed by atoms with Crippen molar-refractivity contribution in [2.45, 2.75) is 18.1 Å². The molecule has 5 nitrogen and oxygen atoms in total. The number of amidine groups is 1. The Bertz CT molecular complexity index is 797. The van der Waals surface area contributed by atoms with E-state index in [0.717, 1.165) is 35.8 Å². The molecule has 1 aromatic heterocycles. The van der Waals surface area contributed by atoms with E-state index in [9.17, 15) is 18.0 Å². The fourth-order valence-electron chi connectivity index (χ4n) is 2.46. The number of halogens is 3. The number of benzene rings is 1. The highest BCUT2D eigenvalue weighted by Crippen LogP contribution is 2.34. The standard InChI is InChI=1S/C16H13F3N4OS/c17-16(18,19)12-6-7-21-8-11(12)13(24)14-23(22-15(20)25-14)9-10-4-2-1-3-5-10/h1-8,14H,9H2,(H2,20,22). The van der Waals surface area contributed by atoms with Gasteiger partial charge < -0.3 is 0 Å². The van der Waals surface area contributed by atoms with Crippen molar-refractivity contribution in [3.63, 3.8) is 0 Å². The maximum atomic E-state index is 13.2. The van der Waals surface area contributed by atoms with Crippen LogP contribution in [0, 0.1) is 5.41 Å². The van der Waals surface area contributed by atoms with E-state index >= 15 is 0 Å². The molecule has 1 aliphatic rings. The smallest absolute Gasteiger partial charge is 0.296 e. The number of nitrogens with zero attached hydrogens (tertiary/aromatic N) is 2. The summed E-state index contributed by atoms with van der Waals surface area (Å²) in [4.78, 5) is 16.4. The number of pyridine rings is 1. The molecule has 130 valence electrons. The predicted octanol–water partition coefficient (Wildman–Crippen LogP) is 3.30. The molecule has 1 aliphatic heterocycles. The number of Topliss-reactive ketones (excluding diaryl/α,β-unsaturated/α-hetero) is 1. The van der Waals surface area contributed by atoms with Crippen LogP contribution in [0.4, 0.5) is 13.2 Å². The number of hydrogen-bond donors (Lipinski definition) is 2. The molecule has 0 bridgehead atoms. The number of carbonyl (C=O) groups is 1. The highest BCUT2D eigenvalue weighted by molar-refractivity contribution is 8.15. The Morgan fingerprint density at radius 1 is 1.28 bits per heavy atom. The van der Waals surface area contributed by atoms with Gasteiger partial charge in [0.1, 0.15) is 5.37 Å². The first-order valence-corrected chi connectivity index (χ1v) is 8.12. The molecule has 1 saturated heterocycles. The van der Waals surface area contributed by atoms with Gasteiger partial charge in [0, 0.05) is 18.9 Å². The van der Waals surface area contributed by atoms with Gasteiger partial charge in [-0.15, -0.1) is 0 Å². The van der Waals surface area contributed by atoms with Crippen molar-refractivity contribution in [2.24, 2.45) is 0 Å². The molecule has 0 spiro atoms. The minimum Gasteiger partial charge on any atom is -0.296 e. The molecule has 1 unspecified atom stereocenters. The first-order valence-electron chi connectivity index (χ1n) is 7.24. The third-order valence-corrected chi connectivity index (χ3v) is 4.59. The number of aromatic nitrogens is 1. The zero-order valence-electron chi connectivity index (χ0n) is 12.7. The summed E-state index contributed by atoms with van der Waals surface area (Å²) >= 11 is 0.869. The first-order chi connectivity index (χ1) is 11.9. The van der Waals surface area contributed by atoms with Crippen LogP contribution in [-0.2, 0) is 12.7 Å². The van der Waals surface area contributed by atoms with Gasteiger partial charge >= 0.3 is 6.18 Å². The zero-order chi connectivity index (χ0) is 18.0. The van der Waals surface area contributed by atoms with Gasteiger partial charge in [0.05, 0.1) is 11.1 Å². The molecule has 1 fully saturated rings. The topological polar surface area (TPSA) is 69.1 Å². The van der Waals surface area contributed by atoms with Gasteiger partial charge in [-0.3, -0.25) is 20.6 Å². The molecule has 0 aliphatic carbocycles. The molecule has 0 radical (unpaired) electrons. The van der Waals surface area contributed by atoms with Crippen molar-refractivity contribution in [3.8, 4) is 0 Å².